The Morgan fingerprint density at radius 2 is 1.87 bits per heavy atom. The van der Waals surface area contributed by atoms with Crippen molar-refractivity contribution in [3.05, 3.63) is 87.1 Å². The van der Waals surface area contributed by atoms with Crippen LogP contribution >= 0.6 is 22.9 Å². The Bertz CT molecular complexity index is 1090. The number of ether oxygens (including phenoxy) is 1. The average Bonchev–Trinajstić information content (AvgIpc) is 3.32. The molecule has 2 aromatic carbocycles. The van der Waals surface area contributed by atoms with Crippen molar-refractivity contribution < 1.29 is 14.3 Å². The number of likely N-dealkylation sites (N-methyl/N-ethyl adjacent to an activating group) is 1. The molecule has 0 saturated carbocycles. The number of anilines is 1. The van der Waals surface area contributed by atoms with Crippen molar-refractivity contribution in [1.82, 2.24) is 4.90 Å². The van der Waals surface area contributed by atoms with E-state index >= 15 is 0 Å². The fraction of sp³-hybridized carbons (Fsp3) is 0.250. The van der Waals surface area contributed by atoms with Crippen LogP contribution in [0.25, 0.3) is 0 Å². The number of carbonyl (C=O) groups excluding carboxylic acids is 2. The van der Waals surface area contributed by atoms with Crippen LogP contribution in [0.3, 0.4) is 0 Å². The molecule has 0 aliphatic carbocycles. The van der Waals surface area contributed by atoms with Crippen molar-refractivity contribution in [3.8, 4) is 0 Å². The van der Waals surface area contributed by atoms with Gasteiger partial charge in [-0.1, -0.05) is 48.0 Å². The summed E-state index contributed by atoms with van der Waals surface area (Å²) in [6.45, 7) is 0.781. The second-order valence-electron chi connectivity index (χ2n) is 7.37. The molecular formula is C24H23ClN2O3S. The van der Waals surface area contributed by atoms with E-state index in [1.165, 1.54) is 0 Å². The number of hydrogen-bond donors (Lipinski definition) is 0. The van der Waals surface area contributed by atoms with Gasteiger partial charge in [0.2, 0.25) is 5.91 Å². The second kappa shape index (κ2) is 9.22. The number of carbonyl (C=O) groups is 2. The minimum atomic E-state index is -0.564. The lowest BCUT2D eigenvalue weighted by Gasteiger charge is -2.42. The summed E-state index contributed by atoms with van der Waals surface area (Å²) >= 11 is 7.93. The molecule has 0 saturated heterocycles. The molecule has 5 nitrogen and oxygen atoms in total. The summed E-state index contributed by atoms with van der Waals surface area (Å²) in [6, 6.07) is 18.1. The van der Waals surface area contributed by atoms with Gasteiger partial charge >= 0.3 is 0 Å². The standard InChI is InChI=1S/C24H23ClN2O3S/c1-26(19-11-6-5-10-18(19)25)24(29)21-16-8-3-4-9-17(16)23(28)27(13-14-30-2)22(21)20-12-7-15-31-20/h3-12,15,21-22H,13-14H2,1-2H3/t21-,22+/m0/s1. The number of halogens is 1. The summed E-state index contributed by atoms with van der Waals surface area (Å²) in [7, 11) is 3.34. The van der Waals surface area contributed by atoms with Gasteiger partial charge in [0.1, 0.15) is 0 Å². The van der Waals surface area contributed by atoms with Gasteiger partial charge in [-0.15, -0.1) is 11.3 Å². The number of thiophene rings is 1. The maximum atomic E-state index is 13.9. The normalized spacial score (nSPS) is 18.0. The van der Waals surface area contributed by atoms with Gasteiger partial charge in [0, 0.05) is 31.1 Å². The summed E-state index contributed by atoms with van der Waals surface area (Å²) in [6.07, 6.45) is 0. The molecular weight excluding hydrogens is 432 g/mol. The SMILES string of the molecule is COCCN1C(=O)c2ccccc2[C@H](C(=O)N(C)c2ccccc2Cl)[C@H]1c1cccs1. The van der Waals surface area contributed by atoms with E-state index < -0.39 is 12.0 Å². The smallest absolute Gasteiger partial charge is 0.254 e. The van der Waals surface area contributed by atoms with Crippen LogP contribution in [0.5, 0.6) is 0 Å². The maximum absolute atomic E-state index is 13.9. The van der Waals surface area contributed by atoms with Gasteiger partial charge in [0.25, 0.3) is 5.91 Å². The topological polar surface area (TPSA) is 49.9 Å². The van der Waals surface area contributed by atoms with Crippen LogP contribution in [0.15, 0.2) is 66.0 Å². The molecule has 31 heavy (non-hydrogen) atoms. The fourth-order valence-corrected chi connectivity index (χ4v) is 5.26. The molecule has 0 spiro atoms. The lowest BCUT2D eigenvalue weighted by atomic mass is 9.81. The summed E-state index contributed by atoms with van der Waals surface area (Å²) in [5, 5.41) is 2.47. The number of fused-ring (bicyclic) bond motifs is 1. The zero-order chi connectivity index (χ0) is 22.0. The summed E-state index contributed by atoms with van der Waals surface area (Å²) in [5.74, 6) is -0.768. The number of para-hydroxylation sites is 1. The minimum absolute atomic E-state index is 0.0875. The number of benzene rings is 2. The second-order valence-corrected chi connectivity index (χ2v) is 8.75. The first kappa shape index (κ1) is 21.6. The van der Waals surface area contributed by atoms with Crippen molar-refractivity contribution in [2.24, 2.45) is 0 Å². The molecule has 1 aliphatic heterocycles. The van der Waals surface area contributed by atoms with Crippen molar-refractivity contribution in [2.45, 2.75) is 12.0 Å². The molecule has 0 unspecified atom stereocenters. The molecule has 0 bridgehead atoms. The lowest BCUT2D eigenvalue weighted by molar-refractivity contribution is -0.121. The van der Waals surface area contributed by atoms with Crippen molar-refractivity contribution >= 4 is 40.4 Å². The molecule has 160 valence electrons. The van der Waals surface area contributed by atoms with E-state index in [1.807, 2.05) is 53.9 Å². The van der Waals surface area contributed by atoms with Gasteiger partial charge in [0.05, 0.1) is 29.3 Å². The zero-order valence-corrected chi connectivity index (χ0v) is 18.9. The van der Waals surface area contributed by atoms with Crippen molar-refractivity contribution in [1.29, 1.82) is 0 Å². The number of rotatable bonds is 6. The Kier molecular flexibility index (Phi) is 6.41. The van der Waals surface area contributed by atoms with Gasteiger partial charge in [0.15, 0.2) is 0 Å². The number of hydrogen-bond acceptors (Lipinski definition) is 4. The number of nitrogens with zero attached hydrogens (tertiary/aromatic N) is 2. The molecule has 0 radical (unpaired) electrons. The molecule has 7 heteroatoms. The first-order chi connectivity index (χ1) is 15.0. The van der Waals surface area contributed by atoms with Crippen LogP contribution in [0.1, 0.15) is 32.8 Å². The fourth-order valence-electron chi connectivity index (χ4n) is 4.12. The Morgan fingerprint density at radius 3 is 2.58 bits per heavy atom. The average molecular weight is 455 g/mol. The van der Waals surface area contributed by atoms with Crippen LogP contribution in [0, 0.1) is 0 Å². The van der Waals surface area contributed by atoms with Gasteiger partial charge < -0.3 is 14.5 Å². The lowest BCUT2D eigenvalue weighted by Crippen LogP contribution is -2.48. The molecule has 2 atom stereocenters. The van der Waals surface area contributed by atoms with E-state index in [0.29, 0.717) is 29.4 Å². The van der Waals surface area contributed by atoms with Crippen LogP contribution in [0.4, 0.5) is 5.69 Å². The van der Waals surface area contributed by atoms with Crippen LogP contribution in [0.2, 0.25) is 5.02 Å². The van der Waals surface area contributed by atoms with E-state index in [0.717, 1.165) is 10.4 Å². The predicted molar refractivity (Wildman–Crippen MR) is 124 cm³/mol. The third kappa shape index (κ3) is 3.99. The Morgan fingerprint density at radius 1 is 1.13 bits per heavy atom. The highest BCUT2D eigenvalue weighted by atomic mass is 35.5. The Labute approximate surface area is 190 Å². The highest BCUT2D eigenvalue weighted by Gasteiger charge is 2.45. The number of amides is 2. The van der Waals surface area contributed by atoms with Gasteiger partial charge in [-0.2, -0.15) is 0 Å². The van der Waals surface area contributed by atoms with Gasteiger partial charge in [-0.05, 0) is 35.2 Å². The summed E-state index contributed by atoms with van der Waals surface area (Å²) in [5.41, 5.74) is 1.93. The van der Waals surface area contributed by atoms with Crippen molar-refractivity contribution in [3.63, 3.8) is 0 Å². The summed E-state index contributed by atoms with van der Waals surface area (Å²) < 4.78 is 5.27. The third-order valence-electron chi connectivity index (χ3n) is 5.62. The van der Waals surface area contributed by atoms with Gasteiger partial charge in [-0.25, -0.2) is 0 Å². The molecule has 3 aromatic rings. The maximum Gasteiger partial charge on any atom is 0.254 e. The predicted octanol–water partition coefficient (Wildman–Crippen LogP) is 4.99. The quantitative estimate of drug-likeness (QED) is 0.527. The van der Waals surface area contributed by atoms with E-state index in [4.69, 9.17) is 16.3 Å². The molecule has 1 aliphatic rings. The Hall–Kier alpha value is -2.67. The monoisotopic (exact) mass is 454 g/mol. The van der Waals surface area contributed by atoms with E-state index in [1.54, 1.807) is 47.4 Å². The van der Waals surface area contributed by atoms with Crippen LogP contribution in [-0.4, -0.2) is 44.0 Å². The van der Waals surface area contributed by atoms with E-state index in [2.05, 4.69) is 0 Å². The molecule has 0 N–H and O–H groups in total. The largest absolute Gasteiger partial charge is 0.383 e. The van der Waals surface area contributed by atoms with Gasteiger partial charge in [-0.3, -0.25) is 9.59 Å². The minimum Gasteiger partial charge on any atom is -0.383 e. The zero-order valence-electron chi connectivity index (χ0n) is 17.3. The van der Waals surface area contributed by atoms with Crippen molar-refractivity contribution in [2.75, 3.05) is 32.2 Å². The van der Waals surface area contributed by atoms with Crippen LogP contribution in [-0.2, 0) is 9.53 Å². The Balaban J connectivity index is 1.85. The highest BCUT2D eigenvalue weighted by molar-refractivity contribution is 7.10. The highest BCUT2D eigenvalue weighted by Crippen LogP contribution is 2.45. The molecule has 2 heterocycles. The molecule has 4 rings (SSSR count). The first-order valence-corrected chi connectivity index (χ1v) is 11.2. The first-order valence-electron chi connectivity index (χ1n) is 9.99. The van der Waals surface area contributed by atoms with E-state index in [-0.39, 0.29) is 11.8 Å². The summed E-state index contributed by atoms with van der Waals surface area (Å²) in [4.78, 5) is 31.7. The molecule has 0 fully saturated rings. The van der Waals surface area contributed by atoms with E-state index in [9.17, 15) is 9.59 Å². The molecule has 2 amide bonds. The molecule has 1 aromatic heterocycles. The third-order valence-corrected chi connectivity index (χ3v) is 6.88. The van der Waals surface area contributed by atoms with Crippen LogP contribution < -0.4 is 4.90 Å². The number of methoxy groups -OCH3 is 1.